The van der Waals surface area contributed by atoms with Gasteiger partial charge in [-0.15, -0.1) is 0 Å². The second kappa shape index (κ2) is 2.13. The molecule has 50 valence electrons. The van der Waals surface area contributed by atoms with Crippen LogP contribution in [0.15, 0.2) is 25.2 Å². The summed E-state index contributed by atoms with van der Waals surface area (Å²) in [6, 6.07) is 0. The summed E-state index contributed by atoms with van der Waals surface area (Å²) in [5, 5.41) is 0. The Kier molecular flexibility index (Phi) is 1.47. The van der Waals surface area contributed by atoms with Crippen molar-refractivity contribution in [1.29, 1.82) is 0 Å². The molecule has 0 fully saturated rings. The van der Waals surface area contributed by atoms with Crippen LogP contribution in [0.25, 0.3) is 0 Å². The van der Waals surface area contributed by atoms with Gasteiger partial charge in [-0.2, -0.15) is 0 Å². The fourth-order valence-corrected chi connectivity index (χ4v) is 0.721. The molecule has 0 N–H and O–H groups in total. The maximum absolute atomic E-state index is 5.12. The highest BCUT2D eigenvalue weighted by atomic mass is 16.7. The molecule has 0 bridgehead atoms. The first-order chi connectivity index (χ1) is 4.33. The normalized spacial score (nSPS) is 20.6. The Morgan fingerprint density at radius 1 is 1.56 bits per heavy atom. The third-order valence-corrected chi connectivity index (χ3v) is 1.39. The van der Waals surface area contributed by atoms with Crippen molar-refractivity contribution in [3.63, 3.8) is 0 Å². The lowest BCUT2D eigenvalue weighted by Gasteiger charge is -2.21. The minimum absolute atomic E-state index is 0.569. The van der Waals surface area contributed by atoms with Crippen LogP contribution in [0.2, 0.25) is 0 Å². The lowest BCUT2D eigenvalue weighted by Crippen LogP contribution is -2.24. The van der Waals surface area contributed by atoms with Gasteiger partial charge in [-0.25, -0.2) is 0 Å². The van der Waals surface area contributed by atoms with Crippen LogP contribution < -0.4 is 0 Å². The molecule has 0 aliphatic carbocycles. The summed E-state index contributed by atoms with van der Waals surface area (Å²) in [5.41, 5.74) is 0. The molecular formula is C7H10O2. The predicted molar refractivity (Wildman–Crippen MR) is 34.5 cm³/mol. The number of rotatable bonds is 2. The van der Waals surface area contributed by atoms with Crippen molar-refractivity contribution in [3.05, 3.63) is 25.2 Å². The SMILES string of the molecule is C=CC1(CC)OC=CO1. The molecule has 0 atom stereocenters. The molecule has 0 spiro atoms. The fraction of sp³-hybridized carbons (Fsp3) is 0.429. The Hall–Kier alpha value is -0.920. The van der Waals surface area contributed by atoms with Crippen molar-refractivity contribution in [3.8, 4) is 0 Å². The van der Waals surface area contributed by atoms with Gasteiger partial charge in [-0.1, -0.05) is 13.5 Å². The van der Waals surface area contributed by atoms with E-state index in [4.69, 9.17) is 9.47 Å². The molecule has 9 heavy (non-hydrogen) atoms. The van der Waals surface area contributed by atoms with E-state index < -0.39 is 5.79 Å². The first-order valence-electron chi connectivity index (χ1n) is 2.97. The molecule has 1 heterocycles. The number of ether oxygens (including phenoxy) is 2. The van der Waals surface area contributed by atoms with Crippen LogP contribution in [0.5, 0.6) is 0 Å². The van der Waals surface area contributed by atoms with E-state index in [-0.39, 0.29) is 0 Å². The largest absolute Gasteiger partial charge is 0.453 e. The Morgan fingerprint density at radius 2 is 2.11 bits per heavy atom. The van der Waals surface area contributed by atoms with E-state index in [1.54, 1.807) is 6.08 Å². The van der Waals surface area contributed by atoms with E-state index in [1.807, 2.05) is 6.92 Å². The Balaban J connectivity index is 2.60. The van der Waals surface area contributed by atoms with E-state index in [0.717, 1.165) is 6.42 Å². The molecule has 1 aliphatic heterocycles. The monoisotopic (exact) mass is 126 g/mol. The van der Waals surface area contributed by atoms with Crippen molar-refractivity contribution in [1.82, 2.24) is 0 Å². The van der Waals surface area contributed by atoms with Gasteiger partial charge < -0.3 is 9.47 Å². The van der Waals surface area contributed by atoms with Crippen molar-refractivity contribution in [2.45, 2.75) is 19.1 Å². The van der Waals surface area contributed by atoms with Gasteiger partial charge in [0.2, 0.25) is 0 Å². The predicted octanol–water partition coefficient (Wildman–Crippen LogP) is 1.80. The molecule has 0 radical (unpaired) electrons. The average molecular weight is 126 g/mol. The number of hydrogen-bond acceptors (Lipinski definition) is 2. The van der Waals surface area contributed by atoms with Crippen LogP contribution in [-0.2, 0) is 9.47 Å². The van der Waals surface area contributed by atoms with Gasteiger partial charge in [0.05, 0.1) is 0 Å². The smallest absolute Gasteiger partial charge is 0.269 e. The van der Waals surface area contributed by atoms with Crippen molar-refractivity contribution in [2.75, 3.05) is 0 Å². The summed E-state index contributed by atoms with van der Waals surface area (Å²) in [5.74, 6) is -0.569. The first kappa shape index (κ1) is 6.20. The minimum Gasteiger partial charge on any atom is -0.453 e. The topological polar surface area (TPSA) is 18.5 Å². The van der Waals surface area contributed by atoms with Crippen LogP contribution in [0, 0.1) is 0 Å². The summed E-state index contributed by atoms with van der Waals surface area (Å²) in [4.78, 5) is 0. The average Bonchev–Trinajstić information content (AvgIpc) is 2.36. The molecule has 0 saturated heterocycles. The van der Waals surface area contributed by atoms with Crippen LogP contribution in [0.3, 0.4) is 0 Å². The van der Waals surface area contributed by atoms with Gasteiger partial charge in [-0.05, 0) is 6.08 Å². The summed E-state index contributed by atoms with van der Waals surface area (Å²) in [6.07, 6.45) is 5.51. The molecule has 2 nitrogen and oxygen atoms in total. The molecule has 0 amide bonds. The molecule has 2 heteroatoms. The highest BCUT2D eigenvalue weighted by Crippen LogP contribution is 2.24. The van der Waals surface area contributed by atoms with Gasteiger partial charge in [0, 0.05) is 6.42 Å². The zero-order valence-electron chi connectivity index (χ0n) is 5.46. The summed E-state index contributed by atoms with van der Waals surface area (Å²) < 4.78 is 10.2. The highest BCUT2D eigenvalue weighted by Gasteiger charge is 2.28. The fourth-order valence-electron chi connectivity index (χ4n) is 0.721. The maximum atomic E-state index is 5.12. The van der Waals surface area contributed by atoms with Crippen molar-refractivity contribution < 1.29 is 9.47 Å². The van der Waals surface area contributed by atoms with Gasteiger partial charge in [-0.3, -0.25) is 0 Å². The van der Waals surface area contributed by atoms with E-state index in [9.17, 15) is 0 Å². The zero-order valence-corrected chi connectivity index (χ0v) is 5.46. The van der Waals surface area contributed by atoms with E-state index in [1.165, 1.54) is 12.5 Å². The molecule has 0 saturated carbocycles. The third-order valence-electron chi connectivity index (χ3n) is 1.39. The molecule has 1 rings (SSSR count). The van der Waals surface area contributed by atoms with Crippen LogP contribution >= 0.6 is 0 Å². The Bertz CT molecular complexity index is 130. The van der Waals surface area contributed by atoms with Crippen LogP contribution in [0.4, 0.5) is 0 Å². The lowest BCUT2D eigenvalue weighted by atomic mass is 10.2. The number of hydrogen-bond donors (Lipinski definition) is 0. The summed E-state index contributed by atoms with van der Waals surface area (Å²) in [7, 11) is 0. The van der Waals surface area contributed by atoms with Crippen LogP contribution in [-0.4, -0.2) is 5.79 Å². The Labute approximate surface area is 54.8 Å². The lowest BCUT2D eigenvalue weighted by molar-refractivity contribution is -0.100. The van der Waals surface area contributed by atoms with E-state index >= 15 is 0 Å². The zero-order chi connectivity index (χ0) is 6.74. The van der Waals surface area contributed by atoms with Crippen molar-refractivity contribution in [2.24, 2.45) is 0 Å². The van der Waals surface area contributed by atoms with E-state index in [0.29, 0.717) is 0 Å². The molecular weight excluding hydrogens is 116 g/mol. The molecule has 1 aliphatic rings. The highest BCUT2D eigenvalue weighted by molar-refractivity contribution is 4.95. The van der Waals surface area contributed by atoms with Gasteiger partial charge in [0.15, 0.2) is 0 Å². The molecule has 0 aromatic rings. The van der Waals surface area contributed by atoms with Gasteiger partial charge in [0.25, 0.3) is 5.79 Å². The minimum atomic E-state index is -0.569. The second-order valence-corrected chi connectivity index (χ2v) is 1.88. The molecule has 0 unspecified atom stereocenters. The van der Waals surface area contributed by atoms with Gasteiger partial charge in [0.1, 0.15) is 12.5 Å². The third kappa shape index (κ3) is 0.922. The quantitative estimate of drug-likeness (QED) is 0.525. The maximum Gasteiger partial charge on any atom is 0.269 e. The van der Waals surface area contributed by atoms with Crippen molar-refractivity contribution >= 4 is 0 Å². The summed E-state index contributed by atoms with van der Waals surface area (Å²) >= 11 is 0. The standard InChI is InChI=1S/C7H10O2/c1-3-7(4-2)8-5-6-9-7/h3,5-6H,1,4H2,2H3. The first-order valence-corrected chi connectivity index (χ1v) is 2.97. The second-order valence-electron chi connectivity index (χ2n) is 1.88. The van der Waals surface area contributed by atoms with E-state index in [2.05, 4.69) is 6.58 Å². The van der Waals surface area contributed by atoms with Crippen LogP contribution in [0.1, 0.15) is 13.3 Å². The molecule has 0 aromatic carbocycles. The summed E-state index contributed by atoms with van der Waals surface area (Å²) in [6.45, 7) is 5.58. The Morgan fingerprint density at radius 3 is 2.33 bits per heavy atom. The molecule has 0 aromatic heterocycles. The van der Waals surface area contributed by atoms with Gasteiger partial charge >= 0.3 is 0 Å².